The second-order valence-corrected chi connectivity index (χ2v) is 3.07. The van der Waals surface area contributed by atoms with Crippen LogP contribution in [0.3, 0.4) is 0 Å². The van der Waals surface area contributed by atoms with Crippen LogP contribution in [0.15, 0.2) is 17.3 Å². The topological polar surface area (TPSA) is 60.9 Å². The molecule has 1 aromatic rings. The van der Waals surface area contributed by atoms with E-state index in [-0.39, 0.29) is 12.1 Å². The molecule has 1 aromatic heterocycles. The van der Waals surface area contributed by atoms with Crippen molar-refractivity contribution in [3.8, 4) is 0 Å². The van der Waals surface area contributed by atoms with Crippen molar-refractivity contribution in [2.45, 2.75) is 25.4 Å². The van der Waals surface area contributed by atoms with E-state index in [1.807, 2.05) is 0 Å². The lowest BCUT2D eigenvalue weighted by atomic mass is 10.3. The number of rotatable bonds is 2. The van der Waals surface area contributed by atoms with E-state index in [4.69, 9.17) is 5.73 Å². The average molecular weight is 165 g/mol. The molecular weight excluding hydrogens is 154 g/mol. The monoisotopic (exact) mass is 165 g/mol. The zero-order chi connectivity index (χ0) is 8.55. The Morgan fingerprint density at radius 1 is 1.67 bits per heavy atom. The molecule has 0 saturated heterocycles. The van der Waals surface area contributed by atoms with Crippen LogP contribution in [-0.2, 0) is 6.54 Å². The van der Waals surface area contributed by atoms with Gasteiger partial charge in [0, 0.05) is 24.3 Å². The standard InChI is InChI=1S/C8H11N3O/c9-3-6-4-10-5-11(8(6)12)7-1-2-7/h4-5,7H,1-3,9H2. The van der Waals surface area contributed by atoms with Crippen LogP contribution < -0.4 is 11.3 Å². The third kappa shape index (κ3) is 1.14. The summed E-state index contributed by atoms with van der Waals surface area (Å²) < 4.78 is 1.68. The van der Waals surface area contributed by atoms with E-state index in [1.54, 1.807) is 17.1 Å². The van der Waals surface area contributed by atoms with Crippen molar-refractivity contribution < 1.29 is 0 Å². The molecule has 1 aliphatic rings. The van der Waals surface area contributed by atoms with E-state index in [0.717, 1.165) is 12.8 Å². The van der Waals surface area contributed by atoms with Gasteiger partial charge in [-0.05, 0) is 12.8 Å². The second kappa shape index (κ2) is 2.71. The van der Waals surface area contributed by atoms with Gasteiger partial charge in [0.1, 0.15) is 0 Å². The first kappa shape index (κ1) is 7.49. The van der Waals surface area contributed by atoms with Crippen molar-refractivity contribution in [3.05, 3.63) is 28.4 Å². The number of aromatic nitrogens is 2. The minimum Gasteiger partial charge on any atom is -0.326 e. The molecule has 64 valence electrons. The molecule has 1 saturated carbocycles. The van der Waals surface area contributed by atoms with Gasteiger partial charge in [-0.2, -0.15) is 0 Å². The fourth-order valence-electron chi connectivity index (χ4n) is 1.22. The number of hydrogen-bond acceptors (Lipinski definition) is 3. The van der Waals surface area contributed by atoms with Gasteiger partial charge in [-0.3, -0.25) is 9.36 Å². The Labute approximate surface area is 70.0 Å². The molecule has 4 nitrogen and oxygen atoms in total. The van der Waals surface area contributed by atoms with E-state index >= 15 is 0 Å². The molecule has 0 amide bonds. The molecule has 4 heteroatoms. The maximum atomic E-state index is 11.5. The molecule has 0 aromatic carbocycles. The lowest BCUT2D eigenvalue weighted by molar-refractivity contribution is 0.675. The molecule has 0 unspecified atom stereocenters. The van der Waals surface area contributed by atoms with Crippen molar-refractivity contribution in [2.75, 3.05) is 0 Å². The van der Waals surface area contributed by atoms with Gasteiger partial charge in [-0.15, -0.1) is 0 Å². The summed E-state index contributed by atoms with van der Waals surface area (Å²) in [6.45, 7) is 0.277. The molecule has 0 bridgehead atoms. The lowest BCUT2D eigenvalue weighted by Crippen LogP contribution is -2.24. The number of hydrogen-bond donors (Lipinski definition) is 1. The predicted molar refractivity (Wildman–Crippen MR) is 44.7 cm³/mol. The predicted octanol–water partition coefficient (Wildman–Crippen LogP) is 0.0369. The Hall–Kier alpha value is -1.16. The maximum Gasteiger partial charge on any atom is 0.258 e. The smallest absolute Gasteiger partial charge is 0.258 e. The Morgan fingerprint density at radius 3 is 3.00 bits per heavy atom. The van der Waals surface area contributed by atoms with Crippen molar-refractivity contribution in [3.63, 3.8) is 0 Å². The van der Waals surface area contributed by atoms with E-state index in [2.05, 4.69) is 4.98 Å². The average Bonchev–Trinajstić information content (AvgIpc) is 2.88. The highest BCUT2D eigenvalue weighted by atomic mass is 16.1. The molecule has 2 N–H and O–H groups in total. The number of nitrogens with two attached hydrogens (primary N) is 1. The van der Waals surface area contributed by atoms with Crippen molar-refractivity contribution in [1.29, 1.82) is 0 Å². The van der Waals surface area contributed by atoms with Crippen LogP contribution in [-0.4, -0.2) is 9.55 Å². The van der Waals surface area contributed by atoms with Crippen molar-refractivity contribution in [2.24, 2.45) is 5.73 Å². The van der Waals surface area contributed by atoms with Crippen molar-refractivity contribution in [1.82, 2.24) is 9.55 Å². The van der Waals surface area contributed by atoms with E-state index in [0.29, 0.717) is 11.6 Å². The minimum atomic E-state index is 0.0231. The molecule has 0 radical (unpaired) electrons. The molecule has 1 fully saturated rings. The Morgan fingerprint density at radius 2 is 2.42 bits per heavy atom. The summed E-state index contributed by atoms with van der Waals surface area (Å²) in [5.41, 5.74) is 6.01. The van der Waals surface area contributed by atoms with Crippen LogP contribution in [0.2, 0.25) is 0 Å². The van der Waals surface area contributed by atoms with Crippen LogP contribution in [0, 0.1) is 0 Å². The molecule has 12 heavy (non-hydrogen) atoms. The molecule has 0 aliphatic heterocycles. The maximum absolute atomic E-state index is 11.5. The zero-order valence-corrected chi connectivity index (χ0v) is 6.73. The van der Waals surface area contributed by atoms with Crippen LogP contribution in [0.5, 0.6) is 0 Å². The zero-order valence-electron chi connectivity index (χ0n) is 6.73. The van der Waals surface area contributed by atoms with Crippen molar-refractivity contribution >= 4 is 0 Å². The van der Waals surface area contributed by atoms with Gasteiger partial charge < -0.3 is 5.73 Å². The highest BCUT2D eigenvalue weighted by Crippen LogP contribution is 2.32. The van der Waals surface area contributed by atoms with Crippen LogP contribution in [0.25, 0.3) is 0 Å². The minimum absolute atomic E-state index is 0.0231. The summed E-state index contributed by atoms with van der Waals surface area (Å²) in [6.07, 6.45) is 5.32. The second-order valence-electron chi connectivity index (χ2n) is 3.07. The molecule has 2 rings (SSSR count). The summed E-state index contributed by atoms with van der Waals surface area (Å²) in [6, 6.07) is 0.386. The van der Waals surface area contributed by atoms with Gasteiger partial charge in [0.25, 0.3) is 5.56 Å². The van der Waals surface area contributed by atoms with E-state index < -0.39 is 0 Å². The molecular formula is C8H11N3O. The lowest BCUT2D eigenvalue weighted by Gasteiger charge is -2.02. The fourth-order valence-corrected chi connectivity index (χ4v) is 1.22. The normalized spacial score (nSPS) is 16.4. The van der Waals surface area contributed by atoms with Crippen LogP contribution >= 0.6 is 0 Å². The first-order chi connectivity index (χ1) is 5.83. The Kier molecular flexibility index (Phi) is 1.69. The Bertz CT molecular complexity index is 340. The first-order valence-corrected chi connectivity index (χ1v) is 4.08. The fraction of sp³-hybridized carbons (Fsp3) is 0.500. The van der Waals surface area contributed by atoms with Gasteiger partial charge in [0.05, 0.1) is 6.33 Å². The molecule has 0 atom stereocenters. The summed E-state index contributed by atoms with van der Waals surface area (Å²) in [5.74, 6) is 0. The first-order valence-electron chi connectivity index (χ1n) is 4.08. The highest BCUT2D eigenvalue weighted by Gasteiger charge is 2.24. The van der Waals surface area contributed by atoms with E-state index in [9.17, 15) is 4.79 Å². The SMILES string of the molecule is NCc1cncn(C2CC2)c1=O. The third-order valence-electron chi connectivity index (χ3n) is 2.09. The van der Waals surface area contributed by atoms with Gasteiger partial charge in [0.2, 0.25) is 0 Å². The Balaban J connectivity index is 2.48. The van der Waals surface area contributed by atoms with Crippen LogP contribution in [0.4, 0.5) is 0 Å². The van der Waals surface area contributed by atoms with Gasteiger partial charge in [-0.25, -0.2) is 4.98 Å². The van der Waals surface area contributed by atoms with E-state index in [1.165, 1.54) is 0 Å². The molecule has 1 heterocycles. The van der Waals surface area contributed by atoms with Gasteiger partial charge in [-0.1, -0.05) is 0 Å². The summed E-state index contributed by atoms with van der Waals surface area (Å²) in [5, 5.41) is 0. The molecule has 1 aliphatic carbocycles. The molecule has 0 spiro atoms. The summed E-state index contributed by atoms with van der Waals surface area (Å²) in [4.78, 5) is 15.5. The summed E-state index contributed by atoms with van der Waals surface area (Å²) in [7, 11) is 0. The van der Waals surface area contributed by atoms with Crippen LogP contribution in [0.1, 0.15) is 24.4 Å². The third-order valence-corrected chi connectivity index (χ3v) is 2.09. The quantitative estimate of drug-likeness (QED) is 0.673. The summed E-state index contributed by atoms with van der Waals surface area (Å²) >= 11 is 0. The van der Waals surface area contributed by atoms with Gasteiger partial charge in [0.15, 0.2) is 0 Å². The van der Waals surface area contributed by atoms with Gasteiger partial charge >= 0.3 is 0 Å². The number of nitrogens with zero attached hydrogens (tertiary/aromatic N) is 2. The highest BCUT2D eigenvalue weighted by molar-refractivity contribution is 5.05. The largest absolute Gasteiger partial charge is 0.326 e.